The van der Waals surface area contributed by atoms with Crippen molar-refractivity contribution in [2.24, 2.45) is 0 Å². The second kappa shape index (κ2) is 5.09. The lowest BCUT2D eigenvalue weighted by Gasteiger charge is -1.99. The summed E-state index contributed by atoms with van der Waals surface area (Å²) in [4.78, 5) is 4.32. The van der Waals surface area contributed by atoms with Crippen molar-refractivity contribution in [3.63, 3.8) is 0 Å². The molecule has 6 heteroatoms. The molecule has 0 aliphatic carbocycles. The van der Waals surface area contributed by atoms with Crippen molar-refractivity contribution in [2.45, 2.75) is 13.5 Å². The Balaban J connectivity index is 1.97. The molecule has 2 aromatic rings. The monoisotopic (exact) mass is 238 g/mol. The summed E-state index contributed by atoms with van der Waals surface area (Å²) in [6.07, 6.45) is 3.72. The van der Waals surface area contributed by atoms with E-state index in [0.717, 1.165) is 23.1 Å². The molecule has 0 atom stereocenters. The van der Waals surface area contributed by atoms with E-state index in [1.807, 2.05) is 23.2 Å². The standard InChI is InChI=1S/C10H14N4OS/c1-8-7-16-10(12-8)13-9-5-11-14(6-9)3-4-15-2/h5-7H,3-4H2,1-2H3,(H,12,13). The quantitative estimate of drug-likeness (QED) is 0.866. The molecule has 0 saturated heterocycles. The highest BCUT2D eigenvalue weighted by molar-refractivity contribution is 7.13. The first-order valence-electron chi connectivity index (χ1n) is 4.98. The topological polar surface area (TPSA) is 52.0 Å². The number of hydrogen-bond donors (Lipinski definition) is 1. The summed E-state index contributed by atoms with van der Waals surface area (Å²) in [5.41, 5.74) is 1.98. The number of nitrogens with one attached hydrogen (secondary N) is 1. The number of nitrogens with zero attached hydrogens (tertiary/aromatic N) is 3. The predicted molar refractivity (Wildman–Crippen MR) is 64.2 cm³/mol. The second-order valence-electron chi connectivity index (χ2n) is 3.40. The molecule has 2 aromatic heterocycles. The Morgan fingerprint density at radius 2 is 2.44 bits per heavy atom. The van der Waals surface area contributed by atoms with Crippen molar-refractivity contribution in [3.8, 4) is 0 Å². The molecule has 0 saturated carbocycles. The number of hydrogen-bond acceptors (Lipinski definition) is 5. The molecule has 0 aromatic carbocycles. The van der Waals surface area contributed by atoms with Crippen LogP contribution in [0.3, 0.4) is 0 Å². The van der Waals surface area contributed by atoms with Crippen molar-refractivity contribution in [1.29, 1.82) is 0 Å². The molecule has 2 heterocycles. The molecule has 86 valence electrons. The van der Waals surface area contributed by atoms with E-state index < -0.39 is 0 Å². The summed E-state index contributed by atoms with van der Waals surface area (Å²) in [6.45, 7) is 3.40. The van der Waals surface area contributed by atoms with Crippen LogP contribution in [-0.4, -0.2) is 28.5 Å². The van der Waals surface area contributed by atoms with Gasteiger partial charge in [-0.05, 0) is 6.92 Å². The molecule has 1 N–H and O–H groups in total. The zero-order valence-corrected chi connectivity index (χ0v) is 10.1. The SMILES string of the molecule is COCCn1cc(Nc2nc(C)cs2)cn1. The van der Waals surface area contributed by atoms with Crippen LogP contribution in [-0.2, 0) is 11.3 Å². The fourth-order valence-electron chi connectivity index (χ4n) is 1.27. The van der Waals surface area contributed by atoms with E-state index in [1.54, 1.807) is 24.6 Å². The molecule has 0 unspecified atom stereocenters. The van der Waals surface area contributed by atoms with Gasteiger partial charge in [0.1, 0.15) is 0 Å². The maximum Gasteiger partial charge on any atom is 0.187 e. The van der Waals surface area contributed by atoms with Crippen LogP contribution in [0.15, 0.2) is 17.8 Å². The van der Waals surface area contributed by atoms with E-state index in [4.69, 9.17) is 4.74 Å². The van der Waals surface area contributed by atoms with Gasteiger partial charge in [-0.2, -0.15) is 5.10 Å². The first-order valence-corrected chi connectivity index (χ1v) is 5.86. The third kappa shape index (κ3) is 2.80. The summed E-state index contributed by atoms with van der Waals surface area (Å²) >= 11 is 1.59. The van der Waals surface area contributed by atoms with Crippen molar-refractivity contribution in [2.75, 3.05) is 19.0 Å². The number of rotatable bonds is 5. The van der Waals surface area contributed by atoms with Gasteiger partial charge in [-0.3, -0.25) is 4.68 Å². The molecule has 0 amide bonds. The van der Waals surface area contributed by atoms with Crippen LogP contribution in [0.25, 0.3) is 0 Å². The molecular formula is C10H14N4OS. The van der Waals surface area contributed by atoms with Crippen molar-refractivity contribution < 1.29 is 4.74 Å². The summed E-state index contributed by atoms with van der Waals surface area (Å²) < 4.78 is 6.82. The Bertz CT molecular complexity index is 451. The van der Waals surface area contributed by atoms with Gasteiger partial charge >= 0.3 is 0 Å². The minimum absolute atomic E-state index is 0.664. The normalized spacial score (nSPS) is 10.6. The van der Waals surface area contributed by atoms with Gasteiger partial charge in [0, 0.05) is 18.7 Å². The molecule has 0 aliphatic heterocycles. The number of methoxy groups -OCH3 is 1. The van der Waals surface area contributed by atoms with Gasteiger partial charge in [-0.1, -0.05) is 0 Å². The highest BCUT2D eigenvalue weighted by Gasteiger charge is 2.01. The van der Waals surface area contributed by atoms with Crippen molar-refractivity contribution in [1.82, 2.24) is 14.8 Å². The van der Waals surface area contributed by atoms with E-state index in [9.17, 15) is 0 Å². The van der Waals surface area contributed by atoms with Gasteiger partial charge in [0.05, 0.1) is 30.7 Å². The van der Waals surface area contributed by atoms with E-state index in [-0.39, 0.29) is 0 Å². The molecule has 2 rings (SSSR count). The van der Waals surface area contributed by atoms with E-state index >= 15 is 0 Å². The zero-order valence-electron chi connectivity index (χ0n) is 9.30. The van der Waals surface area contributed by atoms with Crippen LogP contribution in [0.1, 0.15) is 5.69 Å². The summed E-state index contributed by atoms with van der Waals surface area (Å²) in [6, 6.07) is 0. The van der Waals surface area contributed by atoms with Crippen LogP contribution in [0.5, 0.6) is 0 Å². The van der Waals surface area contributed by atoms with Gasteiger partial charge in [0.15, 0.2) is 5.13 Å². The Labute approximate surface area is 98.1 Å². The first kappa shape index (κ1) is 11.1. The Hall–Kier alpha value is -1.40. The Morgan fingerprint density at radius 1 is 1.56 bits per heavy atom. The molecular weight excluding hydrogens is 224 g/mol. The third-order valence-electron chi connectivity index (χ3n) is 2.03. The molecule has 0 spiro atoms. The fourth-order valence-corrected chi connectivity index (χ4v) is 1.98. The van der Waals surface area contributed by atoms with Gasteiger partial charge in [0.25, 0.3) is 0 Å². The van der Waals surface area contributed by atoms with Gasteiger partial charge in [-0.15, -0.1) is 11.3 Å². The smallest absolute Gasteiger partial charge is 0.187 e. The van der Waals surface area contributed by atoms with E-state index in [1.165, 1.54) is 0 Å². The predicted octanol–water partition coefficient (Wildman–Crippen LogP) is 2.04. The molecule has 0 bridgehead atoms. The molecule has 16 heavy (non-hydrogen) atoms. The zero-order chi connectivity index (χ0) is 11.4. The average molecular weight is 238 g/mol. The maximum atomic E-state index is 4.99. The van der Waals surface area contributed by atoms with Crippen LogP contribution in [0, 0.1) is 6.92 Å². The number of aromatic nitrogens is 3. The highest BCUT2D eigenvalue weighted by Crippen LogP contribution is 2.19. The molecule has 0 aliphatic rings. The Kier molecular flexibility index (Phi) is 3.53. The van der Waals surface area contributed by atoms with Crippen molar-refractivity contribution >= 4 is 22.2 Å². The minimum Gasteiger partial charge on any atom is -0.383 e. The first-order chi connectivity index (χ1) is 7.78. The highest BCUT2D eigenvalue weighted by atomic mass is 32.1. The molecule has 0 fully saturated rings. The van der Waals surface area contributed by atoms with Crippen LogP contribution in [0.4, 0.5) is 10.8 Å². The lowest BCUT2D eigenvalue weighted by atomic mass is 10.5. The van der Waals surface area contributed by atoms with Crippen LogP contribution in [0.2, 0.25) is 0 Å². The number of anilines is 2. The largest absolute Gasteiger partial charge is 0.383 e. The number of aryl methyl sites for hydroxylation is 1. The van der Waals surface area contributed by atoms with E-state index in [2.05, 4.69) is 15.4 Å². The van der Waals surface area contributed by atoms with Crippen LogP contribution < -0.4 is 5.32 Å². The maximum absolute atomic E-state index is 4.99. The fraction of sp³-hybridized carbons (Fsp3) is 0.400. The van der Waals surface area contributed by atoms with Crippen molar-refractivity contribution in [3.05, 3.63) is 23.5 Å². The number of thiazole rings is 1. The Morgan fingerprint density at radius 3 is 3.12 bits per heavy atom. The lowest BCUT2D eigenvalue weighted by Crippen LogP contribution is -2.03. The molecule has 5 nitrogen and oxygen atoms in total. The van der Waals surface area contributed by atoms with Gasteiger partial charge < -0.3 is 10.1 Å². The summed E-state index contributed by atoms with van der Waals surface area (Å²) in [5, 5.41) is 10.3. The van der Waals surface area contributed by atoms with Gasteiger partial charge in [-0.25, -0.2) is 4.98 Å². The third-order valence-corrected chi connectivity index (χ3v) is 2.90. The minimum atomic E-state index is 0.664. The summed E-state index contributed by atoms with van der Waals surface area (Å²) in [7, 11) is 1.68. The lowest BCUT2D eigenvalue weighted by molar-refractivity contribution is 0.183. The average Bonchev–Trinajstić information content (AvgIpc) is 2.86. The summed E-state index contributed by atoms with van der Waals surface area (Å²) in [5.74, 6) is 0. The molecule has 0 radical (unpaired) electrons. The second-order valence-corrected chi connectivity index (χ2v) is 4.26. The van der Waals surface area contributed by atoms with E-state index in [0.29, 0.717) is 6.61 Å². The van der Waals surface area contributed by atoms with Gasteiger partial charge in [0.2, 0.25) is 0 Å². The number of ether oxygens (including phenoxy) is 1. The van der Waals surface area contributed by atoms with Crippen LogP contribution >= 0.6 is 11.3 Å².